The van der Waals surface area contributed by atoms with Crippen LogP contribution in [-0.2, 0) is 11.0 Å². The molecule has 6 heteroatoms. The van der Waals surface area contributed by atoms with Crippen molar-refractivity contribution in [3.63, 3.8) is 0 Å². The van der Waals surface area contributed by atoms with E-state index in [9.17, 15) is 18.0 Å². The number of benzene rings is 1. The third-order valence-corrected chi connectivity index (χ3v) is 3.51. The number of hydrogen-bond acceptors (Lipinski definition) is 1. The maximum absolute atomic E-state index is 12.7. The van der Waals surface area contributed by atoms with Crippen LogP contribution in [0.2, 0.25) is 5.02 Å². The van der Waals surface area contributed by atoms with Crippen molar-refractivity contribution >= 4 is 23.2 Å². The summed E-state index contributed by atoms with van der Waals surface area (Å²) in [6, 6.07) is 3.37. The molecule has 0 saturated heterocycles. The van der Waals surface area contributed by atoms with Crippen LogP contribution in [0.15, 0.2) is 30.4 Å². The molecule has 1 aliphatic carbocycles. The molecule has 20 heavy (non-hydrogen) atoms. The number of halogens is 4. The van der Waals surface area contributed by atoms with E-state index in [4.69, 9.17) is 11.6 Å². The number of rotatable bonds is 2. The molecule has 1 N–H and O–H groups in total. The van der Waals surface area contributed by atoms with Gasteiger partial charge in [-0.25, -0.2) is 0 Å². The average molecular weight is 304 g/mol. The maximum atomic E-state index is 12.7. The lowest BCUT2D eigenvalue weighted by atomic mass is 9.93. The highest BCUT2D eigenvalue weighted by Gasteiger charge is 2.33. The van der Waals surface area contributed by atoms with E-state index in [1.807, 2.05) is 12.2 Å². The van der Waals surface area contributed by atoms with E-state index in [0.29, 0.717) is 12.8 Å². The van der Waals surface area contributed by atoms with Gasteiger partial charge < -0.3 is 5.32 Å². The highest BCUT2D eigenvalue weighted by atomic mass is 35.5. The second-order valence-electron chi connectivity index (χ2n) is 4.66. The maximum Gasteiger partial charge on any atom is 0.417 e. The van der Waals surface area contributed by atoms with Crippen LogP contribution in [0.1, 0.15) is 24.8 Å². The van der Waals surface area contributed by atoms with Gasteiger partial charge in [-0.1, -0.05) is 23.8 Å². The Labute approximate surface area is 119 Å². The first-order valence-electron chi connectivity index (χ1n) is 6.20. The second-order valence-corrected chi connectivity index (χ2v) is 5.07. The van der Waals surface area contributed by atoms with Gasteiger partial charge in [0.1, 0.15) is 0 Å². The average Bonchev–Trinajstić information content (AvgIpc) is 2.40. The van der Waals surface area contributed by atoms with Gasteiger partial charge in [0, 0.05) is 11.6 Å². The summed E-state index contributed by atoms with van der Waals surface area (Å²) in [6.45, 7) is 0. The molecule has 0 unspecified atom stereocenters. The van der Waals surface area contributed by atoms with E-state index in [0.717, 1.165) is 18.6 Å². The molecule has 1 amide bonds. The quantitative estimate of drug-likeness (QED) is 0.791. The molecule has 2 nitrogen and oxygen atoms in total. The first-order chi connectivity index (χ1) is 9.38. The molecule has 0 bridgehead atoms. The predicted octanol–water partition coefficient (Wildman–Crippen LogP) is 4.65. The SMILES string of the molecule is O=C(Nc1ccc(Cl)c(C(F)(F)F)c1)[C@@H]1CC=CCC1. The van der Waals surface area contributed by atoms with Crippen molar-refractivity contribution in [2.75, 3.05) is 5.32 Å². The summed E-state index contributed by atoms with van der Waals surface area (Å²) in [6.07, 6.45) is 1.51. The minimum absolute atomic E-state index is 0.112. The number of hydrogen-bond donors (Lipinski definition) is 1. The molecule has 1 aliphatic rings. The van der Waals surface area contributed by atoms with Crippen molar-refractivity contribution in [2.24, 2.45) is 5.92 Å². The van der Waals surface area contributed by atoms with Crippen molar-refractivity contribution in [3.05, 3.63) is 40.9 Å². The van der Waals surface area contributed by atoms with E-state index in [-0.39, 0.29) is 22.5 Å². The highest BCUT2D eigenvalue weighted by Crippen LogP contribution is 2.36. The molecular formula is C14H13ClF3NO. The van der Waals surface area contributed by atoms with Crippen LogP contribution >= 0.6 is 11.6 Å². The fourth-order valence-corrected chi connectivity index (χ4v) is 2.32. The summed E-state index contributed by atoms with van der Waals surface area (Å²) >= 11 is 5.52. The predicted molar refractivity (Wildman–Crippen MR) is 71.6 cm³/mol. The number of alkyl halides is 3. The van der Waals surface area contributed by atoms with Crippen LogP contribution in [0, 0.1) is 5.92 Å². The number of anilines is 1. The highest BCUT2D eigenvalue weighted by molar-refractivity contribution is 6.31. The molecular weight excluding hydrogens is 291 g/mol. The second kappa shape index (κ2) is 5.87. The Morgan fingerprint density at radius 3 is 2.65 bits per heavy atom. The summed E-state index contributed by atoms with van der Waals surface area (Å²) in [5, 5.41) is 2.14. The van der Waals surface area contributed by atoms with Crippen molar-refractivity contribution < 1.29 is 18.0 Å². The Morgan fingerprint density at radius 2 is 2.05 bits per heavy atom. The number of allylic oxidation sites excluding steroid dienone is 2. The normalized spacial score (nSPS) is 18.9. The van der Waals surface area contributed by atoms with Crippen LogP contribution < -0.4 is 5.32 Å². The molecule has 0 aliphatic heterocycles. The minimum Gasteiger partial charge on any atom is -0.326 e. The Hall–Kier alpha value is -1.49. The van der Waals surface area contributed by atoms with Gasteiger partial charge in [-0.3, -0.25) is 4.79 Å². The van der Waals surface area contributed by atoms with E-state index in [1.54, 1.807) is 0 Å². The van der Waals surface area contributed by atoms with Gasteiger partial charge in [-0.05, 0) is 37.5 Å². The molecule has 0 heterocycles. The molecule has 1 atom stereocenters. The van der Waals surface area contributed by atoms with Crippen LogP contribution in [0.5, 0.6) is 0 Å². The van der Waals surface area contributed by atoms with Crippen molar-refractivity contribution in [1.82, 2.24) is 0 Å². The Balaban J connectivity index is 2.13. The molecule has 0 radical (unpaired) electrons. The number of carbonyl (C=O) groups excluding carboxylic acids is 1. The van der Waals surface area contributed by atoms with Crippen LogP contribution in [0.3, 0.4) is 0 Å². The van der Waals surface area contributed by atoms with E-state index in [2.05, 4.69) is 5.32 Å². The fraction of sp³-hybridized carbons (Fsp3) is 0.357. The number of amides is 1. The van der Waals surface area contributed by atoms with Gasteiger partial charge >= 0.3 is 6.18 Å². The fourth-order valence-electron chi connectivity index (χ4n) is 2.10. The van der Waals surface area contributed by atoms with Crippen LogP contribution in [0.4, 0.5) is 18.9 Å². The minimum atomic E-state index is -4.54. The molecule has 1 aromatic carbocycles. The monoisotopic (exact) mass is 303 g/mol. The van der Waals surface area contributed by atoms with Crippen molar-refractivity contribution in [3.8, 4) is 0 Å². The zero-order valence-electron chi connectivity index (χ0n) is 10.5. The Bertz CT molecular complexity index is 540. The van der Waals surface area contributed by atoms with Gasteiger partial charge in [0.05, 0.1) is 10.6 Å². The molecule has 2 rings (SSSR count). The summed E-state index contributed by atoms with van der Waals surface area (Å²) in [5.41, 5.74) is -0.832. The lowest BCUT2D eigenvalue weighted by molar-refractivity contribution is -0.137. The summed E-state index contributed by atoms with van der Waals surface area (Å²) in [4.78, 5) is 12.0. The summed E-state index contributed by atoms with van der Waals surface area (Å²) in [5.74, 6) is -0.449. The van der Waals surface area contributed by atoms with E-state index >= 15 is 0 Å². The van der Waals surface area contributed by atoms with Crippen LogP contribution in [0.25, 0.3) is 0 Å². The first-order valence-corrected chi connectivity index (χ1v) is 6.58. The van der Waals surface area contributed by atoms with Crippen LogP contribution in [-0.4, -0.2) is 5.91 Å². The van der Waals surface area contributed by atoms with Gasteiger partial charge in [-0.15, -0.1) is 0 Å². The van der Waals surface area contributed by atoms with Gasteiger partial charge in [0.25, 0.3) is 0 Å². The lowest BCUT2D eigenvalue weighted by Gasteiger charge is -2.18. The zero-order chi connectivity index (χ0) is 14.8. The number of carbonyl (C=O) groups is 1. The van der Waals surface area contributed by atoms with Gasteiger partial charge in [-0.2, -0.15) is 13.2 Å². The van der Waals surface area contributed by atoms with E-state index in [1.165, 1.54) is 6.07 Å². The van der Waals surface area contributed by atoms with Crippen molar-refractivity contribution in [2.45, 2.75) is 25.4 Å². The van der Waals surface area contributed by atoms with Gasteiger partial charge in [0.2, 0.25) is 5.91 Å². The largest absolute Gasteiger partial charge is 0.417 e. The third-order valence-electron chi connectivity index (χ3n) is 3.18. The number of nitrogens with one attached hydrogen (secondary N) is 1. The summed E-state index contributed by atoms with van der Waals surface area (Å²) < 4.78 is 38.1. The smallest absolute Gasteiger partial charge is 0.326 e. The molecule has 0 aromatic heterocycles. The topological polar surface area (TPSA) is 29.1 Å². The first kappa shape index (κ1) is 14.9. The van der Waals surface area contributed by atoms with Crippen molar-refractivity contribution in [1.29, 1.82) is 0 Å². The molecule has 1 aromatic rings. The Morgan fingerprint density at radius 1 is 1.30 bits per heavy atom. The molecule has 0 saturated carbocycles. The standard InChI is InChI=1S/C14H13ClF3NO/c15-12-7-6-10(8-11(12)14(16,17)18)19-13(20)9-4-2-1-3-5-9/h1-2,6-9H,3-5H2,(H,19,20)/t9-/m1/s1. The molecule has 0 fully saturated rings. The third kappa shape index (κ3) is 3.54. The lowest BCUT2D eigenvalue weighted by Crippen LogP contribution is -2.23. The summed E-state index contributed by atoms with van der Waals surface area (Å²) in [7, 11) is 0. The van der Waals surface area contributed by atoms with Gasteiger partial charge in [0.15, 0.2) is 0 Å². The van der Waals surface area contributed by atoms with E-state index < -0.39 is 11.7 Å². The zero-order valence-corrected chi connectivity index (χ0v) is 11.3. The Kier molecular flexibility index (Phi) is 4.38. The molecule has 0 spiro atoms. The molecule has 108 valence electrons.